The number of aryl methyl sites for hydroxylation is 1. The number of hydrogen-bond donors (Lipinski definition) is 0. The fraction of sp³-hybridized carbons (Fsp3) is 0.214. The second-order valence-corrected chi connectivity index (χ2v) is 3.20. The molecule has 0 saturated heterocycles. The summed E-state index contributed by atoms with van der Waals surface area (Å²) in [5, 5.41) is 0. The Morgan fingerprint density at radius 1 is 1.00 bits per heavy atom. The first-order chi connectivity index (χ1) is 7.77. The molecule has 84 valence electrons. The van der Waals surface area contributed by atoms with Crippen molar-refractivity contribution in [2.75, 3.05) is 0 Å². The van der Waals surface area contributed by atoms with Gasteiger partial charge in [-0.3, -0.25) is 4.98 Å². The van der Waals surface area contributed by atoms with Crippen LogP contribution in [0.25, 0.3) is 11.3 Å². The van der Waals surface area contributed by atoms with Crippen LogP contribution >= 0.6 is 0 Å². The van der Waals surface area contributed by atoms with Gasteiger partial charge in [-0.05, 0) is 30.7 Å². The summed E-state index contributed by atoms with van der Waals surface area (Å²) in [4.78, 5) is 4.17. The summed E-state index contributed by atoms with van der Waals surface area (Å²) in [5.41, 5.74) is 2.30. The molecule has 2 rings (SSSR count). The lowest BCUT2D eigenvalue weighted by atomic mass is 10.1. The molecule has 2 aromatic rings. The molecule has 0 N–H and O–H groups in total. The number of pyridine rings is 1. The molecule has 0 bridgehead atoms. The van der Waals surface area contributed by atoms with Crippen molar-refractivity contribution in [3.63, 3.8) is 0 Å². The van der Waals surface area contributed by atoms with E-state index >= 15 is 0 Å². The van der Waals surface area contributed by atoms with Crippen molar-refractivity contribution in [3.8, 4) is 11.3 Å². The summed E-state index contributed by atoms with van der Waals surface area (Å²) in [7, 11) is 0. The Labute approximate surface area is 96.0 Å². The predicted molar refractivity (Wildman–Crippen MR) is 65.7 cm³/mol. The van der Waals surface area contributed by atoms with E-state index in [-0.39, 0.29) is 5.82 Å². The topological polar surface area (TPSA) is 12.9 Å². The van der Waals surface area contributed by atoms with Crippen LogP contribution in [0.3, 0.4) is 0 Å². The van der Waals surface area contributed by atoms with Crippen LogP contribution < -0.4 is 0 Å². The van der Waals surface area contributed by atoms with Gasteiger partial charge < -0.3 is 0 Å². The highest BCUT2D eigenvalue weighted by Gasteiger charge is 2.03. The average Bonchev–Trinajstić information content (AvgIpc) is 2.34. The molecule has 0 spiro atoms. The largest absolute Gasteiger partial charge is 0.256 e. The van der Waals surface area contributed by atoms with Crippen LogP contribution in [0.1, 0.15) is 19.4 Å². The average molecular weight is 217 g/mol. The van der Waals surface area contributed by atoms with E-state index < -0.39 is 0 Å². The van der Waals surface area contributed by atoms with Crippen molar-refractivity contribution in [1.82, 2.24) is 4.98 Å². The summed E-state index contributed by atoms with van der Waals surface area (Å²) < 4.78 is 13.3. The van der Waals surface area contributed by atoms with Crippen molar-refractivity contribution in [1.29, 1.82) is 0 Å². The molecule has 1 aromatic heterocycles. The standard InChI is InChI=1S/C12H10FN.C2H6/c1-9-6-7-12(14-8-9)10-4-2-3-5-11(10)13;1-2/h2-8H,1H3;1-2H3. The smallest absolute Gasteiger partial charge is 0.132 e. The first-order valence-corrected chi connectivity index (χ1v) is 5.45. The molecule has 0 amide bonds. The summed E-state index contributed by atoms with van der Waals surface area (Å²) >= 11 is 0. The van der Waals surface area contributed by atoms with Gasteiger partial charge in [-0.1, -0.05) is 32.0 Å². The van der Waals surface area contributed by atoms with Gasteiger partial charge in [-0.15, -0.1) is 0 Å². The molecule has 0 aliphatic carbocycles. The van der Waals surface area contributed by atoms with Crippen LogP contribution in [0, 0.1) is 12.7 Å². The quantitative estimate of drug-likeness (QED) is 0.696. The molecule has 0 atom stereocenters. The lowest BCUT2D eigenvalue weighted by Gasteiger charge is -2.01. The number of aromatic nitrogens is 1. The zero-order chi connectivity index (χ0) is 12.0. The van der Waals surface area contributed by atoms with E-state index in [4.69, 9.17) is 0 Å². The van der Waals surface area contributed by atoms with Crippen LogP contribution in [0.15, 0.2) is 42.6 Å². The maximum atomic E-state index is 13.3. The van der Waals surface area contributed by atoms with E-state index in [1.54, 1.807) is 24.4 Å². The number of benzene rings is 1. The molecule has 1 nitrogen and oxygen atoms in total. The van der Waals surface area contributed by atoms with Gasteiger partial charge in [0.25, 0.3) is 0 Å². The van der Waals surface area contributed by atoms with Gasteiger partial charge in [0.05, 0.1) is 5.69 Å². The maximum Gasteiger partial charge on any atom is 0.132 e. The predicted octanol–water partition coefficient (Wildman–Crippen LogP) is 4.22. The molecule has 1 heterocycles. The minimum atomic E-state index is -0.233. The molecule has 16 heavy (non-hydrogen) atoms. The summed E-state index contributed by atoms with van der Waals surface area (Å²) in [6.07, 6.45) is 1.74. The van der Waals surface area contributed by atoms with Crippen molar-refractivity contribution < 1.29 is 4.39 Å². The van der Waals surface area contributed by atoms with Gasteiger partial charge in [-0.25, -0.2) is 4.39 Å². The highest BCUT2D eigenvalue weighted by Crippen LogP contribution is 2.19. The van der Waals surface area contributed by atoms with Crippen LogP contribution in [0.2, 0.25) is 0 Å². The molecule has 0 saturated carbocycles. The fourth-order valence-corrected chi connectivity index (χ4v) is 1.30. The maximum absolute atomic E-state index is 13.3. The van der Waals surface area contributed by atoms with E-state index in [1.807, 2.05) is 32.9 Å². The Balaban J connectivity index is 0.000000606. The molecule has 0 unspecified atom stereocenters. The first kappa shape index (κ1) is 12.4. The van der Waals surface area contributed by atoms with Gasteiger partial charge >= 0.3 is 0 Å². The molecule has 0 aliphatic rings. The summed E-state index contributed by atoms with van der Waals surface area (Å²) in [5.74, 6) is -0.233. The highest BCUT2D eigenvalue weighted by molar-refractivity contribution is 5.59. The molecule has 1 aromatic carbocycles. The van der Waals surface area contributed by atoms with Crippen LogP contribution in [-0.4, -0.2) is 4.98 Å². The Hall–Kier alpha value is -1.70. The molecular weight excluding hydrogens is 201 g/mol. The Morgan fingerprint density at radius 2 is 1.69 bits per heavy atom. The second-order valence-electron chi connectivity index (χ2n) is 3.20. The third-order valence-electron chi connectivity index (χ3n) is 2.06. The second kappa shape index (κ2) is 6.01. The van der Waals surface area contributed by atoms with E-state index in [0.717, 1.165) is 5.56 Å². The van der Waals surface area contributed by atoms with Crippen LogP contribution in [0.5, 0.6) is 0 Å². The zero-order valence-corrected chi connectivity index (χ0v) is 9.87. The number of hydrogen-bond acceptors (Lipinski definition) is 1. The van der Waals surface area contributed by atoms with Gasteiger partial charge in [0, 0.05) is 11.8 Å². The molecule has 0 fully saturated rings. The minimum Gasteiger partial charge on any atom is -0.256 e. The Kier molecular flexibility index (Phi) is 4.65. The third kappa shape index (κ3) is 2.89. The van der Waals surface area contributed by atoms with E-state index in [0.29, 0.717) is 11.3 Å². The molecule has 0 aliphatic heterocycles. The van der Waals surface area contributed by atoms with E-state index in [1.165, 1.54) is 6.07 Å². The van der Waals surface area contributed by atoms with Gasteiger partial charge in [-0.2, -0.15) is 0 Å². The van der Waals surface area contributed by atoms with Crippen LogP contribution in [0.4, 0.5) is 4.39 Å². The minimum absolute atomic E-state index is 0.233. The monoisotopic (exact) mass is 217 g/mol. The number of rotatable bonds is 1. The van der Waals surface area contributed by atoms with Gasteiger partial charge in [0.2, 0.25) is 0 Å². The summed E-state index contributed by atoms with van der Waals surface area (Å²) in [6.45, 7) is 5.96. The first-order valence-electron chi connectivity index (χ1n) is 5.45. The molecule has 0 radical (unpaired) electrons. The number of nitrogens with zero attached hydrogens (tertiary/aromatic N) is 1. The van der Waals surface area contributed by atoms with E-state index in [2.05, 4.69) is 4.98 Å². The molecule has 2 heteroatoms. The van der Waals surface area contributed by atoms with Crippen molar-refractivity contribution in [2.24, 2.45) is 0 Å². The van der Waals surface area contributed by atoms with Crippen molar-refractivity contribution >= 4 is 0 Å². The normalized spacial score (nSPS) is 9.25. The van der Waals surface area contributed by atoms with Gasteiger partial charge in [0.1, 0.15) is 5.82 Å². The lowest BCUT2D eigenvalue weighted by molar-refractivity contribution is 0.630. The number of halogens is 1. The highest BCUT2D eigenvalue weighted by atomic mass is 19.1. The third-order valence-corrected chi connectivity index (χ3v) is 2.06. The Bertz CT molecular complexity index is 435. The van der Waals surface area contributed by atoms with Crippen molar-refractivity contribution in [2.45, 2.75) is 20.8 Å². The summed E-state index contributed by atoms with van der Waals surface area (Å²) in [6, 6.07) is 10.4. The van der Waals surface area contributed by atoms with Gasteiger partial charge in [0.15, 0.2) is 0 Å². The lowest BCUT2D eigenvalue weighted by Crippen LogP contribution is -1.87. The molecular formula is C14H16FN. The SMILES string of the molecule is CC.Cc1ccc(-c2ccccc2F)nc1. The Morgan fingerprint density at radius 3 is 2.25 bits per heavy atom. The van der Waals surface area contributed by atoms with Crippen molar-refractivity contribution in [3.05, 3.63) is 54.0 Å². The fourth-order valence-electron chi connectivity index (χ4n) is 1.30. The van der Waals surface area contributed by atoms with E-state index in [9.17, 15) is 4.39 Å². The zero-order valence-electron chi connectivity index (χ0n) is 9.87. The van der Waals surface area contributed by atoms with Crippen LogP contribution in [-0.2, 0) is 0 Å².